The van der Waals surface area contributed by atoms with Crippen LogP contribution in [0.3, 0.4) is 0 Å². The van der Waals surface area contributed by atoms with Crippen LogP contribution in [0.5, 0.6) is 0 Å². The second kappa shape index (κ2) is 11.6. The van der Waals surface area contributed by atoms with Gasteiger partial charge in [0.05, 0.1) is 12.2 Å². The second-order valence-corrected chi connectivity index (χ2v) is 10.5. The predicted molar refractivity (Wildman–Crippen MR) is 145 cm³/mol. The van der Waals surface area contributed by atoms with Gasteiger partial charge in [0.15, 0.2) is 0 Å². The van der Waals surface area contributed by atoms with Crippen molar-refractivity contribution in [1.29, 1.82) is 0 Å². The third-order valence-corrected chi connectivity index (χ3v) is 7.80. The van der Waals surface area contributed by atoms with Crippen molar-refractivity contribution in [3.05, 3.63) is 106 Å². The summed E-state index contributed by atoms with van der Waals surface area (Å²) in [4.78, 5) is 43.5. The highest BCUT2D eigenvalue weighted by molar-refractivity contribution is 5.99. The first kappa shape index (κ1) is 29.2. The molecule has 1 spiro atoms. The van der Waals surface area contributed by atoms with Crippen molar-refractivity contribution in [3.8, 4) is 0 Å². The summed E-state index contributed by atoms with van der Waals surface area (Å²) in [6, 6.07) is 15.8. The maximum atomic E-state index is 14.0. The summed E-state index contributed by atoms with van der Waals surface area (Å²) in [6.07, 6.45) is -4.06. The maximum Gasteiger partial charge on any atom is 0.416 e. The fraction of sp³-hybridized carbons (Fsp3) is 0.323. The molecule has 0 aromatic heterocycles. The lowest BCUT2D eigenvalue weighted by Crippen LogP contribution is -2.59. The van der Waals surface area contributed by atoms with Crippen LogP contribution in [0.15, 0.2) is 72.8 Å². The van der Waals surface area contributed by atoms with Crippen LogP contribution in [0.2, 0.25) is 0 Å². The maximum absolute atomic E-state index is 14.0. The Bertz CT molecular complexity index is 1480. The van der Waals surface area contributed by atoms with Gasteiger partial charge >= 0.3 is 6.18 Å². The first-order valence-corrected chi connectivity index (χ1v) is 13.5. The van der Waals surface area contributed by atoms with Gasteiger partial charge < -0.3 is 15.0 Å². The van der Waals surface area contributed by atoms with Crippen molar-refractivity contribution < 1.29 is 36.7 Å². The third-order valence-electron chi connectivity index (χ3n) is 7.80. The number of piperidine rings is 1. The smallest absolute Gasteiger partial charge is 0.353 e. The fourth-order valence-electron chi connectivity index (χ4n) is 5.51. The van der Waals surface area contributed by atoms with Gasteiger partial charge in [-0.3, -0.25) is 19.3 Å². The van der Waals surface area contributed by atoms with Crippen LogP contribution in [0.25, 0.3) is 0 Å². The zero-order valence-corrected chi connectivity index (χ0v) is 22.8. The number of hydrogen-bond donors (Lipinski definition) is 1. The summed E-state index contributed by atoms with van der Waals surface area (Å²) in [5.74, 6) is -1.71. The largest absolute Gasteiger partial charge is 0.416 e. The van der Waals surface area contributed by atoms with Gasteiger partial charge in [-0.05, 0) is 60.5 Å². The van der Waals surface area contributed by atoms with Gasteiger partial charge in [0.1, 0.15) is 17.6 Å². The van der Waals surface area contributed by atoms with Gasteiger partial charge in [-0.15, -0.1) is 0 Å². The Morgan fingerprint density at radius 2 is 1.64 bits per heavy atom. The average molecular weight is 584 g/mol. The molecule has 0 radical (unpaired) electrons. The first-order valence-electron chi connectivity index (χ1n) is 13.5. The fourth-order valence-corrected chi connectivity index (χ4v) is 5.51. The Morgan fingerprint density at radius 3 is 2.31 bits per heavy atom. The van der Waals surface area contributed by atoms with E-state index < -0.39 is 41.1 Å². The molecular weight excluding hydrogens is 554 g/mol. The van der Waals surface area contributed by atoms with Crippen molar-refractivity contribution >= 4 is 17.7 Å². The number of halogens is 4. The monoisotopic (exact) mass is 583 g/mol. The van der Waals surface area contributed by atoms with Crippen LogP contribution in [0, 0.1) is 12.7 Å². The standard InChI is InChI=1S/C31H29F4N3O4/c1-20-5-2-3-8-25(20)29(41)38-26(27(39)36-18-21-6-4-7-23(17-21)31(33,34)35)19-42-30(38)13-15-37(16-14-30)28(40)22-9-11-24(32)12-10-22/h2-12,17,26H,13-16,18-19H2,1H3,(H,36,39). The molecule has 5 rings (SSSR count). The summed E-state index contributed by atoms with van der Waals surface area (Å²) in [6.45, 7) is 1.96. The molecule has 1 N–H and O–H groups in total. The van der Waals surface area contributed by atoms with Crippen LogP contribution >= 0.6 is 0 Å². The summed E-state index contributed by atoms with van der Waals surface area (Å²) >= 11 is 0. The van der Waals surface area contributed by atoms with Crippen molar-refractivity contribution in [2.75, 3.05) is 19.7 Å². The molecule has 2 aliphatic rings. The summed E-state index contributed by atoms with van der Waals surface area (Å²) in [5, 5.41) is 2.67. The lowest BCUT2D eigenvalue weighted by atomic mass is 9.95. The minimum absolute atomic E-state index is 0.113. The topological polar surface area (TPSA) is 79.0 Å². The second-order valence-electron chi connectivity index (χ2n) is 10.5. The van der Waals surface area contributed by atoms with Crippen molar-refractivity contribution in [3.63, 3.8) is 0 Å². The number of rotatable bonds is 5. The van der Waals surface area contributed by atoms with Gasteiger partial charge in [-0.1, -0.05) is 30.3 Å². The molecule has 3 aromatic carbocycles. The molecule has 2 aliphatic heterocycles. The molecule has 3 aromatic rings. The number of carbonyl (C=O) groups excluding carboxylic acids is 3. The molecule has 0 aliphatic carbocycles. The van der Waals surface area contributed by atoms with Crippen LogP contribution < -0.4 is 5.32 Å². The van der Waals surface area contributed by atoms with Crippen molar-refractivity contribution in [1.82, 2.24) is 15.1 Å². The van der Waals surface area contributed by atoms with Crippen LogP contribution in [-0.4, -0.2) is 59.0 Å². The van der Waals surface area contributed by atoms with Gasteiger partial charge in [-0.2, -0.15) is 13.2 Å². The van der Waals surface area contributed by atoms with Gasteiger partial charge in [0.2, 0.25) is 5.91 Å². The number of nitrogens with zero attached hydrogens (tertiary/aromatic N) is 2. The highest BCUT2D eigenvalue weighted by atomic mass is 19.4. The van der Waals surface area contributed by atoms with Gasteiger partial charge in [0, 0.05) is 43.6 Å². The van der Waals surface area contributed by atoms with E-state index in [4.69, 9.17) is 4.74 Å². The van der Waals surface area contributed by atoms with Gasteiger partial charge in [0.25, 0.3) is 11.8 Å². The number of ether oxygens (including phenoxy) is 1. The lowest BCUT2D eigenvalue weighted by molar-refractivity contribution is -0.137. The Hall–Kier alpha value is -4.25. The lowest BCUT2D eigenvalue weighted by Gasteiger charge is -2.44. The predicted octanol–water partition coefficient (Wildman–Crippen LogP) is 4.94. The summed E-state index contributed by atoms with van der Waals surface area (Å²) in [5.41, 5.74) is -0.303. The third kappa shape index (κ3) is 5.87. The molecule has 3 amide bonds. The van der Waals surface area contributed by atoms with E-state index >= 15 is 0 Å². The van der Waals surface area contributed by atoms with E-state index in [9.17, 15) is 31.9 Å². The van der Waals surface area contributed by atoms with Crippen LogP contribution in [0.4, 0.5) is 17.6 Å². The van der Waals surface area contributed by atoms with Crippen molar-refractivity contribution in [2.24, 2.45) is 0 Å². The summed E-state index contributed by atoms with van der Waals surface area (Å²) < 4.78 is 59.0. The molecule has 11 heteroatoms. The van der Waals surface area contributed by atoms with E-state index in [0.717, 1.165) is 12.1 Å². The number of carbonyl (C=O) groups is 3. The molecule has 1 atom stereocenters. The number of aryl methyl sites for hydroxylation is 1. The quantitative estimate of drug-likeness (QED) is 0.432. The van der Waals surface area contributed by atoms with E-state index in [-0.39, 0.29) is 50.6 Å². The number of hydrogen-bond acceptors (Lipinski definition) is 4. The number of alkyl halides is 3. The Kier molecular flexibility index (Phi) is 8.05. The molecule has 1 unspecified atom stereocenters. The van der Waals surface area contributed by atoms with E-state index in [1.165, 1.54) is 41.3 Å². The molecule has 7 nitrogen and oxygen atoms in total. The molecule has 2 saturated heterocycles. The van der Waals surface area contributed by atoms with Crippen LogP contribution in [-0.2, 0) is 22.3 Å². The number of benzene rings is 3. The van der Waals surface area contributed by atoms with E-state index in [2.05, 4.69) is 5.32 Å². The van der Waals surface area contributed by atoms with Crippen LogP contribution in [0.1, 0.15) is 50.2 Å². The Labute approximate surface area is 240 Å². The molecule has 0 saturated carbocycles. The summed E-state index contributed by atoms with van der Waals surface area (Å²) in [7, 11) is 0. The first-order chi connectivity index (χ1) is 20.0. The van der Waals surface area contributed by atoms with Gasteiger partial charge in [-0.25, -0.2) is 4.39 Å². The van der Waals surface area contributed by atoms with E-state index in [1.54, 1.807) is 36.1 Å². The number of amides is 3. The highest BCUT2D eigenvalue weighted by Gasteiger charge is 2.54. The molecule has 2 fully saturated rings. The SMILES string of the molecule is Cc1ccccc1C(=O)N1C(C(=O)NCc2cccc(C(F)(F)F)c2)COC12CCN(C(=O)c1ccc(F)cc1)CC2. The van der Waals surface area contributed by atoms with Crippen molar-refractivity contribution in [2.45, 2.75) is 44.3 Å². The zero-order valence-electron chi connectivity index (χ0n) is 22.8. The minimum atomic E-state index is -4.52. The minimum Gasteiger partial charge on any atom is -0.353 e. The average Bonchev–Trinajstić information content (AvgIpc) is 3.34. The number of nitrogens with one attached hydrogen (secondary N) is 1. The molecule has 2 heterocycles. The zero-order chi connectivity index (χ0) is 30.1. The highest BCUT2D eigenvalue weighted by Crippen LogP contribution is 2.39. The molecular formula is C31H29F4N3O4. The molecule has 0 bridgehead atoms. The Balaban J connectivity index is 1.36. The van der Waals surface area contributed by atoms with E-state index in [0.29, 0.717) is 16.7 Å². The molecule has 42 heavy (non-hydrogen) atoms. The Morgan fingerprint density at radius 1 is 0.952 bits per heavy atom. The number of likely N-dealkylation sites (tertiary alicyclic amines) is 1. The molecule has 220 valence electrons. The normalized spacial score (nSPS) is 18.3. The van der Waals surface area contributed by atoms with E-state index in [1.807, 2.05) is 0 Å².